The SMILES string of the molecule is O=c1nc(SCc2ccc(Br)cc2)[nH]c(=O)n1Cc1cccnc1. The fourth-order valence-corrected chi connectivity index (χ4v) is 3.10. The van der Waals surface area contributed by atoms with Gasteiger partial charge in [-0.2, -0.15) is 4.98 Å². The predicted molar refractivity (Wildman–Crippen MR) is 96.2 cm³/mol. The lowest BCUT2D eigenvalue weighted by Crippen LogP contribution is -2.37. The number of benzene rings is 1. The molecule has 2 heterocycles. The van der Waals surface area contributed by atoms with Gasteiger partial charge in [0, 0.05) is 22.6 Å². The molecule has 0 saturated heterocycles. The Kier molecular flexibility index (Phi) is 5.27. The van der Waals surface area contributed by atoms with Crippen molar-refractivity contribution in [3.8, 4) is 0 Å². The standard InChI is InChI=1S/C16H13BrN4O2S/c17-13-5-3-11(4-6-13)10-24-14-19-15(22)21(16(23)20-14)9-12-2-1-7-18-8-12/h1-8H,9-10H2,(H,19,20,22,23). The second-order valence-corrected chi connectivity index (χ2v) is 6.87. The molecule has 1 aromatic carbocycles. The van der Waals surface area contributed by atoms with E-state index in [9.17, 15) is 9.59 Å². The lowest BCUT2D eigenvalue weighted by atomic mass is 10.2. The van der Waals surface area contributed by atoms with Crippen LogP contribution in [0, 0.1) is 0 Å². The van der Waals surface area contributed by atoms with Gasteiger partial charge in [0.25, 0.3) is 0 Å². The summed E-state index contributed by atoms with van der Waals surface area (Å²) in [6.45, 7) is 0.146. The first-order valence-electron chi connectivity index (χ1n) is 7.09. The molecule has 24 heavy (non-hydrogen) atoms. The number of rotatable bonds is 5. The zero-order valence-electron chi connectivity index (χ0n) is 12.5. The maximum atomic E-state index is 12.1. The molecule has 0 saturated carbocycles. The molecule has 8 heteroatoms. The largest absolute Gasteiger partial charge is 0.354 e. The van der Waals surface area contributed by atoms with E-state index in [4.69, 9.17) is 0 Å². The quantitative estimate of drug-likeness (QED) is 0.660. The molecule has 0 aliphatic rings. The van der Waals surface area contributed by atoms with Crippen LogP contribution in [0.3, 0.4) is 0 Å². The van der Waals surface area contributed by atoms with Crippen molar-refractivity contribution in [1.82, 2.24) is 19.5 Å². The van der Waals surface area contributed by atoms with Gasteiger partial charge in [0.2, 0.25) is 0 Å². The van der Waals surface area contributed by atoms with Crippen LogP contribution in [0.2, 0.25) is 0 Å². The summed E-state index contributed by atoms with van der Waals surface area (Å²) in [6, 6.07) is 11.4. The van der Waals surface area contributed by atoms with Crippen molar-refractivity contribution in [1.29, 1.82) is 0 Å². The van der Waals surface area contributed by atoms with Gasteiger partial charge in [-0.3, -0.25) is 9.97 Å². The molecule has 0 radical (unpaired) electrons. The average Bonchev–Trinajstić information content (AvgIpc) is 2.58. The number of H-pyrrole nitrogens is 1. The molecular weight excluding hydrogens is 392 g/mol. The van der Waals surface area contributed by atoms with Gasteiger partial charge in [-0.1, -0.05) is 45.9 Å². The molecule has 0 bridgehead atoms. The Morgan fingerprint density at radius 1 is 1.12 bits per heavy atom. The molecule has 2 aromatic heterocycles. The number of thioether (sulfide) groups is 1. The molecule has 122 valence electrons. The molecule has 0 amide bonds. The monoisotopic (exact) mass is 404 g/mol. The third kappa shape index (κ3) is 4.21. The van der Waals surface area contributed by atoms with Crippen molar-refractivity contribution < 1.29 is 0 Å². The highest BCUT2D eigenvalue weighted by molar-refractivity contribution is 9.10. The zero-order valence-corrected chi connectivity index (χ0v) is 14.9. The highest BCUT2D eigenvalue weighted by Crippen LogP contribution is 2.19. The van der Waals surface area contributed by atoms with E-state index in [2.05, 4.69) is 30.9 Å². The van der Waals surface area contributed by atoms with Gasteiger partial charge < -0.3 is 0 Å². The smallest absolute Gasteiger partial charge is 0.286 e. The number of hydrogen-bond donors (Lipinski definition) is 1. The number of pyridine rings is 1. The molecule has 3 rings (SSSR count). The minimum absolute atomic E-state index is 0.146. The number of aromatic nitrogens is 4. The summed E-state index contributed by atoms with van der Waals surface area (Å²) in [6.07, 6.45) is 3.25. The minimum atomic E-state index is -0.569. The second kappa shape index (κ2) is 7.59. The number of halogens is 1. The Morgan fingerprint density at radius 3 is 2.58 bits per heavy atom. The normalized spacial score (nSPS) is 10.7. The van der Waals surface area contributed by atoms with Crippen LogP contribution in [0.5, 0.6) is 0 Å². The van der Waals surface area contributed by atoms with Crippen molar-refractivity contribution in [2.45, 2.75) is 17.5 Å². The average molecular weight is 405 g/mol. The van der Waals surface area contributed by atoms with Crippen LogP contribution < -0.4 is 11.4 Å². The lowest BCUT2D eigenvalue weighted by molar-refractivity contribution is 0.631. The van der Waals surface area contributed by atoms with E-state index in [1.54, 1.807) is 24.5 Å². The van der Waals surface area contributed by atoms with E-state index in [-0.39, 0.29) is 6.54 Å². The summed E-state index contributed by atoms with van der Waals surface area (Å²) < 4.78 is 2.06. The van der Waals surface area contributed by atoms with Gasteiger partial charge in [0.1, 0.15) is 0 Å². The Morgan fingerprint density at radius 2 is 1.92 bits per heavy atom. The summed E-state index contributed by atoms with van der Waals surface area (Å²) in [7, 11) is 0. The fraction of sp³-hybridized carbons (Fsp3) is 0.125. The van der Waals surface area contributed by atoms with Crippen molar-refractivity contribution >= 4 is 27.7 Å². The fourth-order valence-electron chi connectivity index (χ4n) is 2.04. The molecule has 0 aliphatic carbocycles. The lowest BCUT2D eigenvalue weighted by Gasteiger charge is -2.05. The van der Waals surface area contributed by atoms with E-state index >= 15 is 0 Å². The van der Waals surface area contributed by atoms with Gasteiger partial charge in [-0.25, -0.2) is 14.2 Å². The van der Waals surface area contributed by atoms with Crippen LogP contribution in [0.15, 0.2) is 68.0 Å². The highest BCUT2D eigenvalue weighted by atomic mass is 79.9. The molecule has 0 spiro atoms. The van der Waals surface area contributed by atoms with E-state index in [0.717, 1.165) is 20.2 Å². The summed E-state index contributed by atoms with van der Waals surface area (Å²) in [5.41, 5.74) is 0.797. The predicted octanol–water partition coefficient (Wildman–Crippen LogP) is 2.43. The first kappa shape index (κ1) is 16.7. The van der Waals surface area contributed by atoms with Crippen molar-refractivity contribution in [2.75, 3.05) is 0 Å². The van der Waals surface area contributed by atoms with Gasteiger partial charge in [0.05, 0.1) is 6.54 Å². The molecule has 0 atom stereocenters. The van der Waals surface area contributed by atoms with Crippen LogP contribution in [-0.4, -0.2) is 19.5 Å². The highest BCUT2D eigenvalue weighted by Gasteiger charge is 2.08. The van der Waals surface area contributed by atoms with E-state index < -0.39 is 11.4 Å². The molecule has 6 nitrogen and oxygen atoms in total. The first-order chi connectivity index (χ1) is 11.6. The number of aromatic amines is 1. The zero-order chi connectivity index (χ0) is 16.9. The van der Waals surface area contributed by atoms with Crippen molar-refractivity contribution in [3.05, 3.63) is 85.4 Å². The van der Waals surface area contributed by atoms with E-state index in [0.29, 0.717) is 10.9 Å². The Hall–Kier alpha value is -2.19. The second-order valence-electron chi connectivity index (χ2n) is 4.99. The Balaban J connectivity index is 1.76. The molecule has 0 aliphatic heterocycles. The molecule has 0 unspecified atom stereocenters. The number of nitrogens with zero attached hydrogens (tertiary/aromatic N) is 3. The van der Waals surface area contributed by atoms with E-state index in [1.165, 1.54) is 11.8 Å². The topological polar surface area (TPSA) is 80.6 Å². The van der Waals surface area contributed by atoms with E-state index in [1.807, 2.05) is 24.3 Å². The number of hydrogen-bond acceptors (Lipinski definition) is 5. The maximum absolute atomic E-state index is 12.1. The Labute approximate surface area is 150 Å². The molecule has 0 fully saturated rings. The summed E-state index contributed by atoms with van der Waals surface area (Å²) in [4.78, 5) is 34.8. The van der Waals surface area contributed by atoms with Crippen LogP contribution in [-0.2, 0) is 12.3 Å². The third-order valence-electron chi connectivity index (χ3n) is 3.24. The van der Waals surface area contributed by atoms with Gasteiger partial charge in [-0.15, -0.1) is 0 Å². The molecule has 3 aromatic rings. The van der Waals surface area contributed by atoms with Crippen molar-refractivity contribution in [3.63, 3.8) is 0 Å². The summed E-state index contributed by atoms with van der Waals surface area (Å²) in [5, 5.41) is 0.315. The van der Waals surface area contributed by atoms with Gasteiger partial charge in [-0.05, 0) is 29.3 Å². The molecule has 1 N–H and O–H groups in total. The summed E-state index contributed by atoms with van der Waals surface area (Å²) >= 11 is 4.70. The van der Waals surface area contributed by atoms with Gasteiger partial charge in [0.15, 0.2) is 5.16 Å². The van der Waals surface area contributed by atoms with Crippen LogP contribution in [0.4, 0.5) is 0 Å². The van der Waals surface area contributed by atoms with Gasteiger partial charge >= 0.3 is 11.4 Å². The summed E-state index contributed by atoms with van der Waals surface area (Å²) in [5.74, 6) is 0.613. The van der Waals surface area contributed by atoms with Crippen LogP contribution in [0.1, 0.15) is 11.1 Å². The molecular formula is C16H13BrN4O2S. The first-order valence-corrected chi connectivity index (χ1v) is 8.87. The minimum Gasteiger partial charge on any atom is -0.286 e. The van der Waals surface area contributed by atoms with Crippen LogP contribution in [0.25, 0.3) is 0 Å². The third-order valence-corrected chi connectivity index (χ3v) is 4.71. The Bertz CT molecular complexity index is 908. The number of nitrogens with one attached hydrogen (secondary N) is 1. The maximum Gasteiger partial charge on any atom is 0.354 e. The van der Waals surface area contributed by atoms with Crippen LogP contribution >= 0.6 is 27.7 Å². The van der Waals surface area contributed by atoms with Crippen molar-refractivity contribution in [2.24, 2.45) is 0 Å².